The lowest BCUT2D eigenvalue weighted by molar-refractivity contribution is -0.204. The highest BCUT2D eigenvalue weighted by Gasteiger charge is 2.22. The van der Waals surface area contributed by atoms with Gasteiger partial charge in [-0.15, -0.1) is 0 Å². The van der Waals surface area contributed by atoms with Crippen LogP contribution in [0.4, 0.5) is 0 Å². The summed E-state index contributed by atoms with van der Waals surface area (Å²) in [6, 6.07) is 9.88. The van der Waals surface area contributed by atoms with Gasteiger partial charge in [0, 0.05) is 12.0 Å². The molecule has 0 amide bonds. The Morgan fingerprint density at radius 3 is 2.88 bits per heavy atom. The Balaban J connectivity index is 1.99. The summed E-state index contributed by atoms with van der Waals surface area (Å²) in [6.07, 6.45) is 4.17. The number of hydrogen-bond acceptors (Lipinski definition) is 3. The molecule has 1 fully saturated rings. The van der Waals surface area contributed by atoms with E-state index in [2.05, 4.69) is 0 Å². The molecule has 1 aliphatic rings. The molecule has 1 aliphatic heterocycles. The smallest absolute Gasteiger partial charge is 0.184 e. The molecule has 1 N–H and O–H groups in total. The topological polar surface area (TPSA) is 38.7 Å². The SMILES string of the molecule is OC/C=C\[C@H]1CCO[C@@H](c2ccccc2)O1. The van der Waals surface area contributed by atoms with Gasteiger partial charge in [0.15, 0.2) is 6.29 Å². The Morgan fingerprint density at radius 1 is 1.31 bits per heavy atom. The van der Waals surface area contributed by atoms with E-state index in [1.54, 1.807) is 6.08 Å². The molecule has 0 unspecified atom stereocenters. The van der Waals surface area contributed by atoms with Crippen LogP contribution in [0.3, 0.4) is 0 Å². The molecule has 0 bridgehead atoms. The van der Waals surface area contributed by atoms with Gasteiger partial charge in [0.2, 0.25) is 0 Å². The first-order valence-corrected chi connectivity index (χ1v) is 5.49. The Bertz CT molecular complexity index is 334. The molecule has 0 saturated carbocycles. The minimum atomic E-state index is -0.289. The first kappa shape index (κ1) is 11.3. The van der Waals surface area contributed by atoms with E-state index in [1.165, 1.54) is 0 Å². The number of ether oxygens (including phenoxy) is 2. The van der Waals surface area contributed by atoms with E-state index in [1.807, 2.05) is 36.4 Å². The van der Waals surface area contributed by atoms with Gasteiger partial charge in [-0.3, -0.25) is 0 Å². The Hall–Kier alpha value is -1.16. The molecule has 0 aliphatic carbocycles. The molecule has 1 aromatic rings. The molecule has 1 heterocycles. The van der Waals surface area contributed by atoms with E-state index in [0.717, 1.165) is 12.0 Å². The zero-order chi connectivity index (χ0) is 11.2. The number of aliphatic hydroxyl groups is 1. The second-order valence-electron chi connectivity index (χ2n) is 3.69. The van der Waals surface area contributed by atoms with Gasteiger partial charge in [0.05, 0.1) is 19.3 Å². The van der Waals surface area contributed by atoms with E-state index >= 15 is 0 Å². The molecule has 16 heavy (non-hydrogen) atoms. The third-order valence-electron chi connectivity index (χ3n) is 2.50. The summed E-state index contributed by atoms with van der Waals surface area (Å²) in [5.74, 6) is 0. The van der Waals surface area contributed by atoms with Crippen molar-refractivity contribution < 1.29 is 14.6 Å². The molecule has 86 valence electrons. The first-order chi connectivity index (χ1) is 7.90. The van der Waals surface area contributed by atoms with Crippen molar-refractivity contribution in [3.8, 4) is 0 Å². The summed E-state index contributed by atoms with van der Waals surface area (Å²) < 4.78 is 11.3. The number of hydrogen-bond donors (Lipinski definition) is 1. The van der Waals surface area contributed by atoms with Crippen LogP contribution in [0.5, 0.6) is 0 Å². The Morgan fingerprint density at radius 2 is 2.12 bits per heavy atom. The van der Waals surface area contributed by atoms with Crippen molar-refractivity contribution in [2.24, 2.45) is 0 Å². The molecule has 0 radical (unpaired) electrons. The normalized spacial score (nSPS) is 26.1. The molecular weight excluding hydrogens is 204 g/mol. The second kappa shape index (κ2) is 5.80. The van der Waals surface area contributed by atoms with Crippen LogP contribution in [-0.2, 0) is 9.47 Å². The molecule has 0 aromatic heterocycles. The van der Waals surface area contributed by atoms with E-state index in [4.69, 9.17) is 14.6 Å². The number of benzene rings is 1. The lowest BCUT2D eigenvalue weighted by atomic mass is 10.1. The van der Waals surface area contributed by atoms with Crippen LogP contribution in [0, 0.1) is 0 Å². The van der Waals surface area contributed by atoms with Gasteiger partial charge >= 0.3 is 0 Å². The minimum absolute atomic E-state index is 0.0334. The highest BCUT2D eigenvalue weighted by Crippen LogP contribution is 2.26. The largest absolute Gasteiger partial charge is 0.392 e. The van der Waals surface area contributed by atoms with E-state index in [0.29, 0.717) is 6.61 Å². The summed E-state index contributed by atoms with van der Waals surface area (Å²) >= 11 is 0. The quantitative estimate of drug-likeness (QED) is 0.792. The van der Waals surface area contributed by atoms with Gasteiger partial charge < -0.3 is 14.6 Å². The van der Waals surface area contributed by atoms with Gasteiger partial charge in [-0.05, 0) is 0 Å². The highest BCUT2D eigenvalue weighted by molar-refractivity contribution is 5.16. The van der Waals surface area contributed by atoms with Gasteiger partial charge in [-0.1, -0.05) is 42.5 Å². The van der Waals surface area contributed by atoms with Crippen molar-refractivity contribution in [1.82, 2.24) is 0 Å². The van der Waals surface area contributed by atoms with Crippen LogP contribution in [0.15, 0.2) is 42.5 Å². The average molecular weight is 220 g/mol. The summed E-state index contributed by atoms with van der Waals surface area (Å²) in [5.41, 5.74) is 1.03. The van der Waals surface area contributed by atoms with Gasteiger partial charge in [0.1, 0.15) is 0 Å². The average Bonchev–Trinajstić information content (AvgIpc) is 2.38. The summed E-state index contributed by atoms with van der Waals surface area (Å²) in [7, 11) is 0. The van der Waals surface area contributed by atoms with Crippen molar-refractivity contribution in [3.63, 3.8) is 0 Å². The molecule has 1 aromatic carbocycles. The third kappa shape index (κ3) is 2.92. The molecule has 2 rings (SSSR count). The molecule has 3 nitrogen and oxygen atoms in total. The standard InChI is InChI=1S/C13H16O3/c14-9-4-7-12-8-10-15-13(16-12)11-5-2-1-3-6-11/h1-7,12-14H,8-10H2/b7-4-/t12-,13+/m0/s1. The first-order valence-electron chi connectivity index (χ1n) is 5.49. The molecule has 1 saturated heterocycles. The van der Waals surface area contributed by atoms with Gasteiger partial charge in [-0.2, -0.15) is 0 Å². The fourth-order valence-electron chi connectivity index (χ4n) is 1.70. The third-order valence-corrected chi connectivity index (χ3v) is 2.50. The Kier molecular flexibility index (Phi) is 4.10. The maximum absolute atomic E-state index is 8.71. The predicted molar refractivity (Wildman–Crippen MR) is 60.9 cm³/mol. The van der Waals surface area contributed by atoms with Crippen LogP contribution >= 0.6 is 0 Å². The summed E-state index contributed by atoms with van der Waals surface area (Å²) in [4.78, 5) is 0. The van der Waals surface area contributed by atoms with Crippen LogP contribution in [-0.4, -0.2) is 24.4 Å². The summed E-state index contributed by atoms with van der Waals surface area (Å²) in [6.45, 7) is 0.733. The van der Waals surface area contributed by atoms with E-state index in [9.17, 15) is 0 Å². The number of rotatable bonds is 3. The maximum atomic E-state index is 8.71. The van der Waals surface area contributed by atoms with Gasteiger partial charge in [-0.25, -0.2) is 0 Å². The van der Waals surface area contributed by atoms with Gasteiger partial charge in [0.25, 0.3) is 0 Å². The van der Waals surface area contributed by atoms with Crippen LogP contribution < -0.4 is 0 Å². The van der Waals surface area contributed by atoms with Crippen molar-refractivity contribution >= 4 is 0 Å². The minimum Gasteiger partial charge on any atom is -0.392 e. The Labute approximate surface area is 95.3 Å². The van der Waals surface area contributed by atoms with Crippen molar-refractivity contribution in [2.75, 3.05) is 13.2 Å². The van der Waals surface area contributed by atoms with Crippen molar-refractivity contribution in [3.05, 3.63) is 48.0 Å². The zero-order valence-corrected chi connectivity index (χ0v) is 9.08. The van der Waals surface area contributed by atoms with Crippen molar-refractivity contribution in [2.45, 2.75) is 18.8 Å². The highest BCUT2D eigenvalue weighted by atomic mass is 16.7. The van der Waals surface area contributed by atoms with Crippen LogP contribution in [0.2, 0.25) is 0 Å². The monoisotopic (exact) mass is 220 g/mol. The zero-order valence-electron chi connectivity index (χ0n) is 9.08. The molecule has 3 heteroatoms. The lowest BCUT2D eigenvalue weighted by Crippen LogP contribution is -2.25. The van der Waals surface area contributed by atoms with E-state index < -0.39 is 0 Å². The second-order valence-corrected chi connectivity index (χ2v) is 3.69. The number of aliphatic hydroxyl groups excluding tert-OH is 1. The van der Waals surface area contributed by atoms with Crippen molar-refractivity contribution in [1.29, 1.82) is 0 Å². The molecule has 2 atom stereocenters. The summed E-state index contributed by atoms with van der Waals surface area (Å²) in [5, 5.41) is 8.71. The molecular formula is C13H16O3. The maximum Gasteiger partial charge on any atom is 0.184 e. The van der Waals surface area contributed by atoms with Crippen LogP contribution in [0.25, 0.3) is 0 Å². The molecule has 0 spiro atoms. The van der Waals surface area contributed by atoms with Crippen LogP contribution in [0.1, 0.15) is 18.3 Å². The fourth-order valence-corrected chi connectivity index (χ4v) is 1.70. The fraction of sp³-hybridized carbons (Fsp3) is 0.385. The lowest BCUT2D eigenvalue weighted by Gasteiger charge is -2.28. The van der Waals surface area contributed by atoms with E-state index in [-0.39, 0.29) is 19.0 Å². The predicted octanol–water partition coefficient (Wildman–Crippen LogP) is 2.04.